The van der Waals surface area contributed by atoms with Crippen LogP contribution in [0.25, 0.3) is 0 Å². The van der Waals surface area contributed by atoms with Crippen LogP contribution >= 0.6 is 0 Å². The molecule has 2 nitrogen and oxygen atoms in total. The Bertz CT molecular complexity index is 243. The molecule has 0 heterocycles. The van der Waals surface area contributed by atoms with Gasteiger partial charge in [0, 0.05) is 0 Å². The van der Waals surface area contributed by atoms with E-state index >= 15 is 0 Å². The van der Waals surface area contributed by atoms with Gasteiger partial charge in [0.25, 0.3) is 0 Å². The molecule has 0 aromatic rings. The predicted molar refractivity (Wildman–Crippen MR) is 87.2 cm³/mol. The van der Waals surface area contributed by atoms with Crippen molar-refractivity contribution in [2.45, 2.75) is 101 Å². The average molecular weight is 277 g/mol. The van der Waals surface area contributed by atoms with Gasteiger partial charge in [0.1, 0.15) is 7.28 Å². The Hall–Kier alpha value is 0.0499. The molecular formula is C16H31B2O2. The van der Waals surface area contributed by atoms with E-state index in [0.717, 1.165) is 37.3 Å². The highest BCUT2D eigenvalue weighted by atomic mass is 16.4. The molecule has 2 aliphatic rings. The molecule has 20 heavy (non-hydrogen) atoms. The van der Waals surface area contributed by atoms with Gasteiger partial charge in [-0.05, 0) is 5.82 Å². The van der Waals surface area contributed by atoms with Crippen molar-refractivity contribution in [1.82, 2.24) is 0 Å². The monoisotopic (exact) mass is 277 g/mol. The molecule has 2 rings (SSSR count). The fraction of sp³-hybridized carbons (Fsp3) is 1.00. The molecule has 0 amide bonds. The summed E-state index contributed by atoms with van der Waals surface area (Å²) >= 11 is 0. The van der Waals surface area contributed by atoms with Gasteiger partial charge >= 0.3 is 7.12 Å². The van der Waals surface area contributed by atoms with Crippen molar-refractivity contribution in [3.63, 3.8) is 0 Å². The van der Waals surface area contributed by atoms with E-state index in [4.69, 9.17) is 0 Å². The van der Waals surface area contributed by atoms with Gasteiger partial charge in [0.05, 0.1) is 0 Å². The lowest BCUT2D eigenvalue weighted by Gasteiger charge is -2.27. The van der Waals surface area contributed by atoms with Gasteiger partial charge in [-0.3, -0.25) is 0 Å². The van der Waals surface area contributed by atoms with E-state index < -0.39 is 7.12 Å². The third-order valence-corrected chi connectivity index (χ3v) is 5.42. The summed E-state index contributed by atoms with van der Waals surface area (Å²) in [6, 6.07) is 0. The molecule has 1 radical (unpaired) electrons. The average Bonchev–Trinajstić information content (AvgIpc) is 2.34. The molecule has 0 unspecified atom stereocenters. The number of rotatable bonds is 3. The molecule has 0 aromatic heterocycles. The zero-order chi connectivity index (χ0) is 14.2. The van der Waals surface area contributed by atoms with E-state index in [0.29, 0.717) is 0 Å². The molecule has 4 heteroatoms. The fourth-order valence-electron chi connectivity index (χ4n) is 4.13. The summed E-state index contributed by atoms with van der Waals surface area (Å²) in [7, 11) is 1.59. The Morgan fingerprint density at radius 1 is 0.600 bits per heavy atom. The van der Waals surface area contributed by atoms with Crippen molar-refractivity contribution >= 4 is 14.4 Å². The molecule has 0 spiro atoms. The first-order valence-electron chi connectivity index (χ1n) is 8.97. The molecule has 0 aliphatic heterocycles. The van der Waals surface area contributed by atoms with Crippen molar-refractivity contribution in [2.24, 2.45) is 0 Å². The van der Waals surface area contributed by atoms with E-state index in [1.807, 2.05) is 0 Å². The summed E-state index contributed by atoms with van der Waals surface area (Å²) in [6.07, 6.45) is 16.8. The minimum atomic E-state index is -1.10. The van der Waals surface area contributed by atoms with Gasteiger partial charge < -0.3 is 10.0 Å². The van der Waals surface area contributed by atoms with Crippen molar-refractivity contribution < 1.29 is 10.0 Å². The second-order valence-electron chi connectivity index (χ2n) is 7.09. The summed E-state index contributed by atoms with van der Waals surface area (Å²) in [6.45, 7) is 0. The van der Waals surface area contributed by atoms with Gasteiger partial charge in [-0.25, -0.2) is 0 Å². The molecule has 0 bridgehead atoms. The number of hydrogen-bond donors (Lipinski definition) is 2. The van der Waals surface area contributed by atoms with Crippen LogP contribution in [0.3, 0.4) is 0 Å². The molecule has 0 aromatic carbocycles. The van der Waals surface area contributed by atoms with Crippen LogP contribution in [0.1, 0.15) is 83.5 Å². The molecular weight excluding hydrogens is 246 g/mol. The van der Waals surface area contributed by atoms with Gasteiger partial charge in [0.15, 0.2) is 0 Å². The summed E-state index contributed by atoms with van der Waals surface area (Å²) in [5, 5.41) is 18.7. The quantitative estimate of drug-likeness (QED) is 0.758. The topological polar surface area (TPSA) is 40.5 Å². The molecule has 2 N–H and O–H groups in total. The summed E-state index contributed by atoms with van der Waals surface area (Å²) in [4.78, 5) is 0. The molecule has 2 saturated carbocycles. The smallest absolute Gasteiger partial charge is 0.427 e. The van der Waals surface area contributed by atoms with E-state index in [-0.39, 0.29) is 5.82 Å². The van der Waals surface area contributed by atoms with Crippen molar-refractivity contribution in [1.29, 1.82) is 0 Å². The van der Waals surface area contributed by atoms with E-state index in [9.17, 15) is 10.0 Å². The Morgan fingerprint density at radius 2 is 1.05 bits per heavy atom. The van der Waals surface area contributed by atoms with E-state index in [1.165, 1.54) is 57.8 Å². The maximum atomic E-state index is 9.33. The minimum Gasteiger partial charge on any atom is -0.427 e. The maximum Gasteiger partial charge on any atom is 0.454 e. The molecule has 0 saturated heterocycles. The Kier molecular flexibility index (Phi) is 7.51. The molecule has 2 aliphatic carbocycles. The minimum absolute atomic E-state index is 0.123. The first-order valence-corrected chi connectivity index (χ1v) is 8.97. The Balaban J connectivity index is 1.72. The second-order valence-corrected chi connectivity index (χ2v) is 7.09. The van der Waals surface area contributed by atoms with Crippen LogP contribution in [-0.4, -0.2) is 24.4 Å². The Labute approximate surface area is 126 Å². The zero-order valence-corrected chi connectivity index (χ0v) is 13.0. The lowest BCUT2D eigenvalue weighted by Crippen LogP contribution is -2.22. The third-order valence-electron chi connectivity index (χ3n) is 5.42. The normalized spacial score (nSPS) is 30.7. The molecule has 113 valence electrons. The van der Waals surface area contributed by atoms with Crippen molar-refractivity contribution in [3.8, 4) is 0 Å². The second kappa shape index (κ2) is 9.15. The van der Waals surface area contributed by atoms with Crippen molar-refractivity contribution in [3.05, 3.63) is 0 Å². The van der Waals surface area contributed by atoms with E-state index in [1.54, 1.807) is 0 Å². The first-order chi connectivity index (χ1) is 9.75. The third kappa shape index (κ3) is 5.81. The van der Waals surface area contributed by atoms with Gasteiger partial charge in [-0.1, -0.05) is 95.1 Å². The highest BCUT2D eigenvalue weighted by Crippen LogP contribution is 2.36. The van der Waals surface area contributed by atoms with Gasteiger partial charge in [0.2, 0.25) is 0 Å². The largest absolute Gasteiger partial charge is 0.454 e. The summed E-state index contributed by atoms with van der Waals surface area (Å²) in [5.74, 6) is 1.77. The van der Waals surface area contributed by atoms with Gasteiger partial charge in [-0.15, -0.1) is 0 Å². The molecule has 2 fully saturated rings. The van der Waals surface area contributed by atoms with Crippen LogP contribution in [0.5, 0.6) is 0 Å². The van der Waals surface area contributed by atoms with Crippen LogP contribution in [-0.2, 0) is 0 Å². The molecule has 0 atom stereocenters. The SMILES string of the molecule is OB(O)C1CCCC([B]C2CCCCCCC2)CCC1. The van der Waals surface area contributed by atoms with Crippen LogP contribution in [0, 0.1) is 0 Å². The lowest BCUT2D eigenvalue weighted by atomic mass is 9.49. The predicted octanol–water partition coefficient (Wildman–Crippen LogP) is 4.21. The first kappa shape index (κ1) is 16.4. The van der Waals surface area contributed by atoms with Crippen molar-refractivity contribution in [2.75, 3.05) is 0 Å². The van der Waals surface area contributed by atoms with Crippen LogP contribution < -0.4 is 0 Å². The highest BCUT2D eigenvalue weighted by molar-refractivity contribution is 6.43. The standard InChI is InChI=1S/C16H31B2O2/c19-18(20)16-12-6-10-15(11-7-13-16)17-14-8-4-2-1-3-5-9-14/h14-16,19-20H,1-13H2. The summed E-state index contributed by atoms with van der Waals surface area (Å²) in [5.41, 5.74) is 0. The summed E-state index contributed by atoms with van der Waals surface area (Å²) < 4.78 is 0. The Morgan fingerprint density at radius 3 is 1.55 bits per heavy atom. The zero-order valence-electron chi connectivity index (χ0n) is 13.0. The number of hydrogen-bond acceptors (Lipinski definition) is 2. The highest BCUT2D eigenvalue weighted by Gasteiger charge is 2.26. The van der Waals surface area contributed by atoms with Gasteiger partial charge in [-0.2, -0.15) is 0 Å². The van der Waals surface area contributed by atoms with Crippen LogP contribution in [0.4, 0.5) is 0 Å². The van der Waals surface area contributed by atoms with Crippen LogP contribution in [0.2, 0.25) is 17.5 Å². The van der Waals surface area contributed by atoms with Crippen LogP contribution in [0.15, 0.2) is 0 Å². The lowest BCUT2D eigenvalue weighted by molar-refractivity contribution is 0.357. The van der Waals surface area contributed by atoms with E-state index in [2.05, 4.69) is 7.28 Å². The fourth-order valence-corrected chi connectivity index (χ4v) is 4.13. The maximum absolute atomic E-state index is 9.33.